The van der Waals surface area contributed by atoms with Crippen molar-refractivity contribution in [2.45, 2.75) is 23.9 Å². The van der Waals surface area contributed by atoms with Gasteiger partial charge in [0.2, 0.25) is 11.1 Å². The molecule has 6 nitrogen and oxygen atoms in total. The van der Waals surface area contributed by atoms with Crippen molar-refractivity contribution in [1.29, 1.82) is 0 Å². The van der Waals surface area contributed by atoms with Crippen LogP contribution < -0.4 is 14.8 Å². The first kappa shape index (κ1) is 15.4. The minimum absolute atomic E-state index is 0.328. The maximum atomic E-state index is 5.38. The van der Waals surface area contributed by atoms with Gasteiger partial charge in [-0.2, -0.15) is 15.0 Å². The Morgan fingerprint density at radius 2 is 2.05 bits per heavy atom. The van der Waals surface area contributed by atoms with Gasteiger partial charge in [0.25, 0.3) is 0 Å². The fourth-order valence-corrected chi connectivity index (χ4v) is 2.37. The van der Waals surface area contributed by atoms with Gasteiger partial charge in [0.05, 0.1) is 13.7 Å². The predicted molar refractivity (Wildman–Crippen MR) is 82.3 cm³/mol. The lowest BCUT2D eigenvalue weighted by atomic mass is 10.3. The van der Waals surface area contributed by atoms with Gasteiger partial charge in [0.15, 0.2) is 0 Å². The summed E-state index contributed by atoms with van der Waals surface area (Å²) in [7, 11) is 1.64. The molecule has 0 fully saturated rings. The number of nitrogens with one attached hydrogen (secondary N) is 1. The minimum Gasteiger partial charge on any atom is -0.497 e. The lowest BCUT2D eigenvalue weighted by Gasteiger charge is -2.08. The largest absolute Gasteiger partial charge is 0.497 e. The van der Waals surface area contributed by atoms with Crippen LogP contribution >= 0.6 is 11.8 Å². The van der Waals surface area contributed by atoms with Crippen molar-refractivity contribution in [2.24, 2.45) is 0 Å². The highest BCUT2D eigenvalue weighted by Crippen LogP contribution is 2.28. The summed E-state index contributed by atoms with van der Waals surface area (Å²) in [5.41, 5.74) is 0. The molecule has 0 atom stereocenters. The molecule has 21 heavy (non-hydrogen) atoms. The van der Waals surface area contributed by atoms with Crippen LogP contribution in [0, 0.1) is 0 Å². The molecule has 7 heteroatoms. The smallest absolute Gasteiger partial charge is 0.322 e. The fourth-order valence-electron chi connectivity index (χ4n) is 1.58. The van der Waals surface area contributed by atoms with Crippen molar-refractivity contribution in [2.75, 3.05) is 25.6 Å². The van der Waals surface area contributed by atoms with Crippen LogP contribution in [0.3, 0.4) is 0 Å². The minimum atomic E-state index is 0.328. The average molecular weight is 306 g/mol. The third-order valence-corrected chi connectivity index (χ3v) is 3.31. The van der Waals surface area contributed by atoms with E-state index in [1.807, 2.05) is 38.1 Å². The maximum Gasteiger partial charge on any atom is 0.322 e. The first-order valence-corrected chi connectivity index (χ1v) is 7.51. The number of rotatable bonds is 7. The Kier molecular flexibility index (Phi) is 5.62. The Hall–Kier alpha value is -2.02. The van der Waals surface area contributed by atoms with Crippen LogP contribution in [-0.2, 0) is 0 Å². The van der Waals surface area contributed by atoms with Crippen LogP contribution in [0.4, 0.5) is 5.95 Å². The van der Waals surface area contributed by atoms with E-state index in [-0.39, 0.29) is 0 Å². The molecular formula is C14H18N4O2S. The number of aromatic nitrogens is 3. The average Bonchev–Trinajstić information content (AvgIpc) is 2.48. The zero-order valence-corrected chi connectivity index (χ0v) is 13.1. The number of anilines is 1. The first-order chi connectivity index (χ1) is 10.2. The second kappa shape index (κ2) is 7.68. The molecule has 0 spiro atoms. The van der Waals surface area contributed by atoms with Crippen molar-refractivity contribution in [3.05, 3.63) is 24.3 Å². The predicted octanol–water partition coefficient (Wildman–Crippen LogP) is 2.86. The Balaban J connectivity index is 2.24. The Bertz CT molecular complexity index is 571. The third kappa shape index (κ3) is 4.49. The van der Waals surface area contributed by atoms with Crippen molar-refractivity contribution in [1.82, 2.24) is 15.0 Å². The normalized spacial score (nSPS) is 10.2. The van der Waals surface area contributed by atoms with Crippen LogP contribution in [0.1, 0.15) is 13.8 Å². The summed E-state index contributed by atoms with van der Waals surface area (Å²) in [6.45, 7) is 5.13. The maximum absolute atomic E-state index is 5.38. The van der Waals surface area contributed by atoms with Gasteiger partial charge in [0.1, 0.15) is 5.75 Å². The number of ether oxygens (including phenoxy) is 2. The van der Waals surface area contributed by atoms with E-state index in [4.69, 9.17) is 9.47 Å². The summed E-state index contributed by atoms with van der Waals surface area (Å²) in [6.07, 6.45) is 0. The fraction of sp³-hybridized carbons (Fsp3) is 0.357. The molecule has 112 valence electrons. The van der Waals surface area contributed by atoms with Crippen molar-refractivity contribution in [3.63, 3.8) is 0 Å². The van der Waals surface area contributed by atoms with E-state index in [0.717, 1.165) is 17.2 Å². The van der Waals surface area contributed by atoms with Gasteiger partial charge in [-0.1, -0.05) is 6.07 Å². The third-order valence-electron chi connectivity index (χ3n) is 2.45. The summed E-state index contributed by atoms with van der Waals surface area (Å²) in [6, 6.07) is 8.06. The number of methoxy groups -OCH3 is 1. The molecule has 0 saturated heterocycles. The topological polar surface area (TPSA) is 69.2 Å². The van der Waals surface area contributed by atoms with E-state index < -0.39 is 0 Å². The number of hydrogen-bond acceptors (Lipinski definition) is 7. The number of hydrogen-bond donors (Lipinski definition) is 1. The second-order valence-corrected chi connectivity index (χ2v) is 5.01. The SMILES string of the molecule is CCNc1nc(OCC)nc(Sc2cccc(OC)c2)n1. The van der Waals surface area contributed by atoms with Gasteiger partial charge in [-0.15, -0.1) is 0 Å². The standard InChI is InChI=1S/C14H18N4O2S/c1-4-15-12-16-13(20-5-2)18-14(17-12)21-11-8-6-7-10(9-11)19-3/h6-9H,4-5H2,1-3H3,(H,15,16,17,18). The molecule has 0 unspecified atom stereocenters. The van der Waals surface area contributed by atoms with Gasteiger partial charge in [-0.05, 0) is 43.8 Å². The van der Waals surface area contributed by atoms with Gasteiger partial charge < -0.3 is 14.8 Å². The van der Waals surface area contributed by atoms with Gasteiger partial charge >= 0.3 is 6.01 Å². The summed E-state index contributed by atoms with van der Waals surface area (Å²) in [4.78, 5) is 13.8. The van der Waals surface area contributed by atoms with Crippen LogP contribution in [0.5, 0.6) is 11.8 Å². The number of benzene rings is 1. The molecule has 0 amide bonds. The highest BCUT2D eigenvalue weighted by atomic mass is 32.2. The summed E-state index contributed by atoms with van der Waals surface area (Å²) in [5, 5.41) is 3.66. The molecular weight excluding hydrogens is 288 g/mol. The zero-order chi connectivity index (χ0) is 15.1. The van der Waals surface area contributed by atoms with Crippen LogP contribution in [-0.4, -0.2) is 35.2 Å². The molecule has 1 aromatic heterocycles. The highest BCUT2D eigenvalue weighted by Gasteiger charge is 2.09. The molecule has 0 saturated carbocycles. The molecule has 0 aliphatic rings. The van der Waals surface area contributed by atoms with Crippen molar-refractivity contribution >= 4 is 17.7 Å². The molecule has 0 bridgehead atoms. The zero-order valence-electron chi connectivity index (χ0n) is 12.3. The molecule has 1 heterocycles. The molecule has 0 aliphatic carbocycles. The lowest BCUT2D eigenvalue weighted by molar-refractivity contribution is 0.308. The van der Waals surface area contributed by atoms with Gasteiger partial charge in [-0.25, -0.2) is 0 Å². The monoisotopic (exact) mass is 306 g/mol. The van der Waals surface area contributed by atoms with Crippen LogP contribution in [0.15, 0.2) is 34.3 Å². The van der Waals surface area contributed by atoms with E-state index >= 15 is 0 Å². The summed E-state index contributed by atoms with van der Waals surface area (Å²) >= 11 is 1.43. The molecule has 2 aromatic rings. The summed E-state index contributed by atoms with van der Waals surface area (Å²) < 4.78 is 10.6. The first-order valence-electron chi connectivity index (χ1n) is 6.69. The quantitative estimate of drug-likeness (QED) is 0.843. The lowest BCUT2D eigenvalue weighted by Crippen LogP contribution is -2.07. The Morgan fingerprint density at radius 1 is 1.19 bits per heavy atom. The number of nitrogens with zero attached hydrogens (tertiary/aromatic N) is 3. The van der Waals surface area contributed by atoms with Gasteiger partial charge in [-0.3, -0.25) is 0 Å². The van der Waals surface area contributed by atoms with Crippen molar-refractivity contribution in [3.8, 4) is 11.8 Å². The Labute approximate surface area is 128 Å². The second-order valence-electron chi connectivity index (χ2n) is 3.97. The van der Waals surface area contributed by atoms with E-state index in [9.17, 15) is 0 Å². The van der Waals surface area contributed by atoms with E-state index in [1.54, 1.807) is 7.11 Å². The van der Waals surface area contributed by atoms with Gasteiger partial charge in [0, 0.05) is 11.4 Å². The highest BCUT2D eigenvalue weighted by molar-refractivity contribution is 7.99. The molecule has 1 aromatic carbocycles. The van der Waals surface area contributed by atoms with Crippen molar-refractivity contribution < 1.29 is 9.47 Å². The summed E-state index contributed by atoms with van der Waals surface area (Å²) in [5.74, 6) is 1.31. The molecule has 0 radical (unpaired) electrons. The molecule has 0 aliphatic heterocycles. The Morgan fingerprint density at radius 3 is 2.76 bits per heavy atom. The molecule has 2 rings (SSSR count). The van der Waals surface area contributed by atoms with Crippen LogP contribution in [0.25, 0.3) is 0 Å². The van der Waals surface area contributed by atoms with E-state index in [0.29, 0.717) is 23.7 Å². The van der Waals surface area contributed by atoms with E-state index in [2.05, 4.69) is 20.3 Å². The van der Waals surface area contributed by atoms with Crippen LogP contribution in [0.2, 0.25) is 0 Å². The van der Waals surface area contributed by atoms with E-state index in [1.165, 1.54) is 11.8 Å². The molecule has 1 N–H and O–H groups in total.